The predicted octanol–water partition coefficient (Wildman–Crippen LogP) is 5.11. The molecule has 0 saturated carbocycles. The number of nitriles is 1. The molecule has 8 nitrogen and oxygen atoms in total. The lowest BCUT2D eigenvalue weighted by molar-refractivity contribution is -0.115. The van der Waals surface area contributed by atoms with E-state index in [4.69, 9.17) is 19.5 Å². The summed E-state index contributed by atoms with van der Waals surface area (Å²) in [5.74, 6) is 0.467. The zero-order chi connectivity index (χ0) is 25.2. The van der Waals surface area contributed by atoms with Gasteiger partial charge in [-0.3, -0.25) is 9.69 Å². The minimum absolute atomic E-state index is 0. The lowest BCUT2D eigenvalue weighted by Gasteiger charge is -2.24. The maximum absolute atomic E-state index is 13.1. The molecule has 3 aromatic rings. The molecular weight excluding hydrogens is 446 g/mol. The minimum Gasteiger partial charge on any atom is -0.497 e. The Bertz CT molecular complexity index is 1210. The second kappa shape index (κ2) is 12.1. The summed E-state index contributed by atoms with van der Waals surface area (Å²) in [6.07, 6.45) is -0.417. The number of ether oxygens (including phenoxy) is 3. The molecule has 182 valence electrons. The van der Waals surface area contributed by atoms with E-state index in [0.29, 0.717) is 22.9 Å². The van der Waals surface area contributed by atoms with E-state index in [0.717, 1.165) is 16.7 Å². The zero-order valence-corrected chi connectivity index (χ0v) is 19.9. The molecule has 35 heavy (non-hydrogen) atoms. The molecule has 1 N–H and O–H groups in total. The number of rotatable bonds is 9. The van der Waals surface area contributed by atoms with Gasteiger partial charge in [-0.25, -0.2) is 4.79 Å². The molecule has 3 rings (SSSR count). The van der Waals surface area contributed by atoms with Crippen LogP contribution in [0.3, 0.4) is 0 Å². The van der Waals surface area contributed by atoms with Gasteiger partial charge in [0.05, 0.1) is 32.4 Å². The van der Waals surface area contributed by atoms with Crippen LogP contribution in [0.2, 0.25) is 0 Å². The van der Waals surface area contributed by atoms with Crippen molar-refractivity contribution in [3.05, 3.63) is 83.4 Å². The second-order valence-electron chi connectivity index (χ2n) is 7.74. The summed E-state index contributed by atoms with van der Waals surface area (Å²) in [4.78, 5) is 27.2. The van der Waals surface area contributed by atoms with Gasteiger partial charge in [-0.05, 0) is 42.3 Å². The van der Waals surface area contributed by atoms with Gasteiger partial charge in [0.1, 0.15) is 24.7 Å². The van der Waals surface area contributed by atoms with E-state index in [1.165, 1.54) is 19.1 Å². The quantitative estimate of drug-likeness (QED) is 0.462. The number of anilines is 2. The van der Waals surface area contributed by atoms with Gasteiger partial charge >= 0.3 is 6.09 Å². The highest BCUT2D eigenvalue weighted by Gasteiger charge is 2.24. The van der Waals surface area contributed by atoms with Crippen LogP contribution in [-0.4, -0.2) is 32.8 Å². The van der Waals surface area contributed by atoms with E-state index in [-0.39, 0.29) is 21.0 Å². The number of nitrogens with zero attached hydrogens (tertiary/aromatic N) is 2. The van der Waals surface area contributed by atoms with E-state index >= 15 is 0 Å². The summed E-state index contributed by atoms with van der Waals surface area (Å²) in [6, 6.07) is 21.6. The Hall–Kier alpha value is -4.51. The van der Waals surface area contributed by atoms with E-state index in [1.807, 2.05) is 31.2 Å². The fourth-order valence-electron chi connectivity index (χ4n) is 3.30. The molecular formula is C27H29N3O5. The Kier molecular flexibility index (Phi) is 8.68. The SMILES string of the molecule is COc1ccc(N(CC(=O)Nc2ccc(CC#N)cc2)C(=O)OCc2ccc(C)cc2)c(OC)c1.[HH]. The van der Waals surface area contributed by atoms with Crippen LogP contribution in [0.15, 0.2) is 66.7 Å². The third kappa shape index (κ3) is 6.98. The van der Waals surface area contributed by atoms with Crippen molar-refractivity contribution in [1.82, 2.24) is 0 Å². The third-order valence-electron chi connectivity index (χ3n) is 5.20. The highest BCUT2D eigenvalue weighted by atomic mass is 16.6. The average molecular weight is 476 g/mol. The third-order valence-corrected chi connectivity index (χ3v) is 5.20. The lowest BCUT2D eigenvalue weighted by atomic mass is 10.1. The van der Waals surface area contributed by atoms with Gasteiger partial charge in [-0.15, -0.1) is 0 Å². The molecule has 0 aliphatic carbocycles. The van der Waals surface area contributed by atoms with Crippen molar-refractivity contribution in [2.45, 2.75) is 20.0 Å². The summed E-state index contributed by atoms with van der Waals surface area (Å²) in [6.45, 7) is 1.72. The van der Waals surface area contributed by atoms with Crippen molar-refractivity contribution < 1.29 is 25.2 Å². The van der Waals surface area contributed by atoms with Crippen molar-refractivity contribution in [3.8, 4) is 17.6 Å². The highest BCUT2D eigenvalue weighted by molar-refractivity contribution is 6.01. The maximum Gasteiger partial charge on any atom is 0.415 e. The summed E-state index contributed by atoms with van der Waals surface area (Å²) in [7, 11) is 2.99. The van der Waals surface area contributed by atoms with Gasteiger partial charge in [-0.2, -0.15) is 5.26 Å². The topological polar surface area (TPSA) is 101 Å². The van der Waals surface area contributed by atoms with Gasteiger partial charge in [-0.1, -0.05) is 42.0 Å². The molecule has 0 spiro atoms. The molecule has 0 aliphatic heterocycles. The summed E-state index contributed by atoms with van der Waals surface area (Å²) in [5.41, 5.74) is 3.68. The number of nitrogens with one attached hydrogen (secondary N) is 1. The number of benzene rings is 3. The minimum atomic E-state index is -0.700. The zero-order valence-electron chi connectivity index (χ0n) is 19.9. The first kappa shape index (κ1) is 25.1. The largest absolute Gasteiger partial charge is 0.497 e. The molecule has 0 aromatic heterocycles. The predicted molar refractivity (Wildman–Crippen MR) is 135 cm³/mol. The fraction of sp³-hybridized carbons (Fsp3) is 0.222. The number of hydrogen-bond donors (Lipinski definition) is 1. The first-order chi connectivity index (χ1) is 16.9. The molecule has 0 fully saturated rings. The maximum atomic E-state index is 13.1. The Morgan fingerprint density at radius 3 is 2.29 bits per heavy atom. The molecule has 0 unspecified atom stereocenters. The Labute approximate surface area is 206 Å². The Morgan fingerprint density at radius 2 is 1.66 bits per heavy atom. The summed E-state index contributed by atoms with van der Waals surface area (Å²) < 4.78 is 16.2. The van der Waals surface area contributed by atoms with E-state index < -0.39 is 12.0 Å². The van der Waals surface area contributed by atoms with Crippen molar-refractivity contribution in [1.29, 1.82) is 5.26 Å². The van der Waals surface area contributed by atoms with Crippen LogP contribution < -0.4 is 19.7 Å². The van der Waals surface area contributed by atoms with Crippen LogP contribution in [0.1, 0.15) is 18.1 Å². The van der Waals surface area contributed by atoms with Crippen LogP contribution in [-0.2, 0) is 22.6 Å². The van der Waals surface area contributed by atoms with Gasteiger partial charge < -0.3 is 19.5 Å². The number of carbonyl (C=O) groups excluding carboxylic acids is 2. The first-order valence-electron chi connectivity index (χ1n) is 10.9. The molecule has 0 radical (unpaired) electrons. The summed E-state index contributed by atoms with van der Waals surface area (Å²) in [5, 5.41) is 11.6. The van der Waals surface area contributed by atoms with E-state index in [9.17, 15) is 9.59 Å². The van der Waals surface area contributed by atoms with Crippen LogP contribution in [0, 0.1) is 18.3 Å². The molecule has 0 heterocycles. The first-order valence-corrected chi connectivity index (χ1v) is 10.9. The van der Waals surface area contributed by atoms with Gasteiger partial charge in [0.2, 0.25) is 5.91 Å². The summed E-state index contributed by atoms with van der Waals surface area (Å²) >= 11 is 0. The van der Waals surface area contributed by atoms with Crippen molar-refractivity contribution >= 4 is 23.4 Å². The molecule has 8 heteroatoms. The van der Waals surface area contributed by atoms with Gasteiger partial charge in [0.25, 0.3) is 0 Å². The second-order valence-corrected chi connectivity index (χ2v) is 7.74. The van der Waals surface area contributed by atoms with Crippen LogP contribution in [0.4, 0.5) is 16.2 Å². The van der Waals surface area contributed by atoms with Crippen LogP contribution in [0.5, 0.6) is 11.5 Å². The smallest absolute Gasteiger partial charge is 0.415 e. The van der Waals surface area contributed by atoms with Crippen molar-refractivity contribution in [2.75, 3.05) is 31.0 Å². The normalized spacial score (nSPS) is 10.1. The molecule has 2 amide bonds. The highest BCUT2D eigenvalue weighted by Crippen LogP contribution is 2.33. The van der Waals surface area contributed by atoms with Crippen LogP contribution in [0.25, 0.3) is 0 Å². The average Bonchev–Trinajstić information content (AvgIpc) is 2.87. The Balaban J connectivity index is 0.00000456. The monoisotopic (exact) mass is 475 g/mol. The van der Waals surface area contributed by atoms with Crippen molar-refractivity contribution in [2.24, 2.45) is 0 Å². The fourth-order valence-corrected chi connectivity index (χ4v) is 3.30. The van der Waals surface area contributed by atoms with Crippen LogP contribution >= 0.6 is 0 Å². The number of aryl methyl sites for hydroxylation is 1. The molecule has 3 aromatic carbocycles. The standard InChI is InChI=1S/C27H27N3O5.H2/c1-19-4-6-21(7-5-19)18-35-27(32)30(24-13-12-23(33-2)16-25(24)34-3)17-26(31)29-22-10-8-20(9-11-22)14-15-28;/h4-13,16H,14,17-18H2,1-3H3,(H,29,31);1H. The number of carbonyl (C=O) groups is 2. The molecule has 0 saturated heterocycles. The number of methoxy groups -OCH3 is 2. The molecule has 0 aliphatic rings. The van der Waals surface area contributed by atoms with Crippen molar-refractivity contribution in [3.63, 3.8) is 0 Å². The molecule has 0 bridgehead atoms. The van der Waals surface area contributed by atoms with E-state index in [1.54, 1.807) is 42.5 Å². The molecule has 0 atom stereocenters. The Morgan fingerprint density at radius 1 is 0.971 bits per heavy atom. The number of hydrogen-bond acceptors (Lipinski definition) is 6. The van der Waals surface area contributed by atoms with Gasteiger partial charge in [0.15, 0.2) is 0 Å². The van der Waals surface area contributed by atoms with E-state index in [2.05, 4.69) is 11.4 Å². The lowest BCUT2D eigenvalue weighted by Crippen LogP contribution is -2.38. The number of amides is 2. The van der Waals surface area contributed by atoms with Gasteiger partial charge in [0, 0.05) is 13.2 Å².